The lowest BCUT2D eigenvalue weighted by Crippen LogP contribution is -2.40. The summed E-state index contributed by atoms with van der Waals surface area (Å²) in [7, 11) is 0. The summed E-state index contributed by atoms with van der Waals surface area (Å²) in [6, 6.07) is 19.3. The van der Waals surface area contributed by atoms with Crippen molar-refractivity contribution in [1.29, 1.82) is 0 Å². The molecule has 2 atom stereocenters. The van der Waals surface area contributed by atoms with Crippen LogP contribution in [0.3, 0.4) is 0 Å². The van der Waals surface area contributed by atoms with Crippen molar-refractivity contribution < 1.29 is 9.53 Å². The molecule has 2 aliphatic heterocycles. The summed E-state index contributed by atoms with van der Waals surface area (Å²) in [6.45, 7) is 3.61. The first-order valence-corrected chi connectivity index (χ1v) is 9.81. The van der Waals surface area contributed by atoms with Crippen LogP contribution in [0, 0.1) is 0 Å². The maximum atomic E-state index is 12.5. The van der Waals surface area contributed by atoms with Crippen molar-refractivity contribution in [2.24, 2.45) is 0 Å². The van der Waals surface area contributed by atoms with Crippen molar-refractivity contribution in [2.75, 3.05) is 38.2 Å². The van der Waals surface area contributed by atoms with E-state index >= 15 is 0 Å². The van der Waals surface area contributed by atoms with Crippen LogP contribution in [0.1, 0.15) is 34.8 Å². The lowest BCUT2D eigenvalue weighted by Gasteiger charge is -2.32. The van der Waals surface area contributed by atoms with E-state index < -0.39 is 0 Å². The molecule has 2 fully saturated rings. The van der Waals surface area contributed by atoms with Gasteiger partial charge < -0.3 is 20.3 Å². The predicted octanol–water partition coefficient (Wildman–Crippen LogP) is 3.06. The van der Waals surface area contributed by atoms with E-state index in [9.17, 15) is 4.79 Å². The van der Waals surface area contributed by atoms with Gasteiger partial charge in [-0.05, 0) is 49.2 Å². The summed E-state index contributed by atoms with van der Waals surface area (Å²) < 4.78 is 5.32. The average Bonchev–Trinajstić information content (AvgIpc) is 2.75. The van der Waals surface area contributed by atoms with Gasteiger partial charge in [-0.3, -0.25) is 4.79 Å². The molecule has 5 nitrogen and oxygen atoms in total. The van der Waals surface area contributed by atoms with Gasteiger partial charge in [0.2, 0.25) is 0 Å². The van der Waals surface area contributed by atoms with Crippen LogP contribution in [-0.4, -0.2) is 49.7 Å². The highest BCUT2D eigenvalue weighted by molar-refractivity contribution is 5.94. The number of benzene rings is 2. The third kappa shape index (κ3) is 4.49. The van der Waals surface area contributed by atoms with E-state index in [4.69, 9.17) is 4.74 Å². The molecule has 0 aromatic heterocycles. The second-order valence-corrected chi connectivity index (χ2v) is 7.26. The molecule has 27 heavy (non-hydrogen) atoms. The number of carbonyl (C=O) groups is 1. The van der Waals surface area contributed by atoms with Gasteiger partial charge in [0.05, 0.1) is 13.2 Å². The predicted molar refractivity (Wildman–Crippen MR) is 107 cm³/mol. The fourth-order valence-electron chi connectivity index (χ4n) is 3.88. The molecule has 142 valence electrons. The number of anilines is 1. The molecule has 2 heterocycles. The van der Waals surface area contributed by atoms with E-state index in [-0.39, 0.29) is 5.91 Å². The summed E-state index contributed by atoms with van der Waals surface area (Å²) in [5, 5.41) is 7.25. The molecule has 2 unspecified atom stereocenters. The molecule has 2 aliphatic rings. The zero-order valence-electron chi connectivity index (χ0n) is 15.6. The highest BCUT2D eigenvalue weighted by Crippen LogP contribution is 2.25. The van der Waals surface area contributed by atoms with Crippen LogP contribution in [0.2, 0.25) is 0 Å². The summed E-state index contributed by atoms with van der Waals surface area (Å²) in [5.74, 6) is 0.0934. The number of morpholine rings is 1. The topological polar surface area (TPSA) is 53.6 Å². The molecule has 0 aliphatic carbocycles. The van der Waals surface area contributed by atoms with Crippen LogP contribution in [-0.2, 0) is 4.74 Å². The minimum atomic E-state index is 0.0934. The van der Waals surface area contributed by atoms with Gasteiger partial charge in [0.15, 0.2) is 0 Å². The molecule has 0 bridgehead atoms. The number of ether oxygens (including phenoxy) is 1. The molecular weight excluding hydrogens is 338 g/mol. The average molecular weight is 365 g/mol. The molecule has 2 N–H and O–H groups in total. The van der Waals surface area contributed by atoms with Crippen molar-refractivity contribution >= 4 is 11.6 Å². The lowest BCUT2D eigenvalue weighted by atomic mass is 9.93. The normalized spacial score (nSPS) is 23.0. The van der Waals surface area contributed by atoms with Gasteiger partial charge >= 0.3 is 0 Å². The van der Waals surface area contributed by atoms with Gasteiger partial charge in [-0.1, -0.05) is 30.3 Å². The summed E-state index contributed by atoms with van der Waals surface area (Å²) in [6.07, 6.45) is 2.15. The van der Waals surface area contributed by atoms with Crippen molar-refractivity contribution in [2.45, 2.75) is 24.9 Å². The van der Waals surface area contributed by atoms with E-state index in [1.165, 1.54) is 5.56 Å². The molecule has 2 aromatic rings. The van der Waals surface area contributed by atoms with Crippen LogP contribution >= 0.6 is 0 Å². The number of hydrogen-bond donors (Lipinski definition) is 2. The first-order chi connectivity index (χ1) is 13.3. The fourth-order valence-corrected chi connectivity index (χ4v) is 3.88. The van der Waals surface area contributed by atoms with Crippen LogP contribution < -0.4 is 10.6 Å². The number of hydrogen-bond acceptors (Lipinski definition) is 4. The maximum absolute atomic E-state index is 12.5. The van der Waals surface area contributed by atoms with Gasteiger partial charge in [0.25, 0.3) is 5.91 Å². The third-order valence-electron chi connectivity index (χ3n) is 5.41. The smallest absolute Gasteiger partial charge is 0.254 e. The second-order valence-electron chi connectivity index (χ2n) is 7.26. The first kappa shape index (κ1) is 18.0. The molecule has 1 amide bonds. The molecule has 4 rings (SSSR count). The Hall–Kier alpha value is -2.37. The highest BCUT2D eigenvalue weighted by atomic mass is 16.5. The molecular formula is C22H27N3O2. The van der Waals surface area contributed by atoms with Gasteiger partial charge in [-0.2, -0.15) is 0 Å². The molecule has 2 saturated heterocycles. The second kappa shape index (κ2) is 8.55. The number of piperidine rings is 1. The van der Waals surface area contributed by atoms with E-state index in [1.54, 1.807) is 0 Å². The van der Waals surface area contributed by atoms with E-state index in [2.05, 4.69) is 41.0 Å². The molecule has 0 radical (unpaired) electrons. The van der Waals surface area contributed by atoms with Crippen LogP contribution in [0.4, 0.5) is 5.69 Å². The van der Waals surface area contributed by atoms with Gasteiger partial charge in [-0.25, -0.2) is 0 Å². The molecule has 5 heteroatoms. The minimum Gasteiger partial charge on any atom is -0.382 e. The number of amides is 1. The highest BCUT2D eigenvalue weighted by Gasteiger charge is 2.23. The Bertz CT molecular complexity index is 742. The quantitative estimate of drug-likeness (QED) is 0.874. The van der Waals surface area contributed by atoms with Crippen molar-refractivity contribution in [3.05, 3.63) is 65.7 Å². The van der Waals surface area contributed by atoms with Crippen LogP contribution in [0.5, 0.6) is 0 Å². The van der Waals surface area contributed by atoms with E-state index in [1.807, 2.05) is 29.2 Å². The Morgan fingerprint density at radius 2 is 1.78 bits per heavy atom. The van der Waals surface area contributed by atoms with Gasteiger partial charge in [0, 0.05) is 36.4 Å². The largest absolute Gasteiger partial charge is 0.382 e. The van der Waals surface area contributed by atoms with Crippen LogP contribution in [0.15, 0.2) is 54.6 Å². The fraction of sp³-hybridized carbons (Fsp3) is 0.409. The van der Waals surface area contributed by atoms with Gasteiger partial charge in [0.1, 0.15) is 0 Å². The van der Waals surface area contributed by atoms with Crippen molar-refractivity contribution in [3.8, 4) is 0 Å². The number of carbonyl (C=O) groups excluding carboxylic acids is 1. The number of nitrogens with zero attached hydrogens (tertiary/aromatic N) is 1. The molecule has 0 saturated carbocycles. The van der Waals surface area contributed by atoms with Gasteiger partial charge in [-0.15, -0.1) is 0 Å². The zero-order valence-corrected chi connectivity index (χ0v) is 15.6. The van der Waals surface area contributed by atoms with Crippen LogP contribution in [0.25, 0.3) is 0 Å². The third-order valence-corrected chi connectivity index (χ3v) is 5.41. The SMILES string of the molecule is O=C(c1ccc(NC2CCNC(c3ccccc3)C2)cc1)N1CCOCC1. The standard InChI is InChI=1S/C22H27N3O2/c26-22(25-12-14-27-15-13-25)18-6-8-19(9-7-18)24-20-10-11-23-21(16-20)17-4-2-1-3-5-17/h1-9,20-21,23-24H,10-16H2. The maximum Gasteiger partial charge on any atom is 0.254 e. The van der Waals surface area contributed by atoms with Crippen molar-refractivity contribution in [3.63, 3.8) is 0 Å². The summed E-state index contributed by atoms with van der Waals surface area (Å²) in [4.78, 5) is 14.4. The number of nitrogens with one attached hydrogen (secondary N) is 2. The van der Waals surface area contributed by atoms with E-state index in [0.29, 0.717) is 38.4 Å². The molecule has 2 aromatic carbocycles. The number of rotatable bonds is 4. The first-order valence-electron chi connectivity index (χ1n) is 9.81. The monoisotopic (exact) mass is 365 g/mol. The van der Waals surface area contributed by atoms with E-state index in [0.717, 1.165) is 30.6 Å². The Balaban J connectivity index is 1.36. The summed E-state index contributed by atoms with van der Waals surface area (Å²) >= 11 is 0. The molecule has 0 spiro atoms. The Morgan fingerprint density at radius 3 is 2.52 bits per heavy atom. The summed E-state index contributed by atoms with van der Waals surface area (Å²) in [5.41, 5.74) is 3.16. The lowest BCUT2D eigenvalue weighted by molar-refractivity contribution is 0.0303. The minimum absolute atomic E-state index is 0.0934. The zero-order chi connectivity index (χ0) is 18.5. The Morgan fingerprint density at radius 1 is 1.04 bits per heavy atom. The Labute approximate surface area is 160 Å². The van der Waals surface area contributed by atoms with Crippen molar-refractivity contribution in [1.82, 2.24) is 10.2 Å². The Kier molecular flexibility index (Phi) is 5.70.